The zero-order chi connectivity index (χ0) is 23.0. The highest BCUT2D eigenvalue weighted by Crippen LogP contribution is 2.26. The third-order valence-corrected chi connectivity index (χ3v) is 6.38. The quantitative estimate of drug-likeness (QED) is 0.612. The lowest BCUT2D eigenvalue weighted by molar-refractivity contribution is 0.0529. The van der Waals surface area contributed by atoms with E-state index in [0.717, 1.165) is 50.5 Å². The Labute approximate surface area is 195 Å². The van der Waals surface area contributed by atoms with Crippen molar-refractivity contribution in [2.45, 2.75) is 51.2 Å². The molecule has 0 aliphatic carbocycles. The van der Waals surface area contributed by atoms with Crippen molar-refractivity contribution < 1.29 is 14.2 Å². The molecule has 8 heteroatoms. The lowest BCUT2D eigenvalue weighted by atomic mass is 10.0. The van der Waals surface area contributed by atoms with Crippen LogP contribution in [0.5, 0.6) is 5.75 Å². The second-order valence-corrected chi connectivity index (χ2v) is 8.94. The monoisotopic (exact) mass is 456 g/mol. The molecule has 1 aromatic carbocycles. The van der Waals surface area contributed by atoms with Gasteiger partial charge in [0.2, 0.25) is 5.95 Å². The second kappa shape index (κ2) is 11.5. The molecule has 8 nitrogen and oxygen atoms in total. The lowest BCUT2D eigenvalue weighted by Crippen LogP contribution is -2.43. The summed E-state index contributed by atoms with van der Waals surface area (Å²) in [5, 5.41) is 0. The maximum Gasteiger partial charge on any atom is 0.254 e. The minimum Gasteiger partial charge on any atom is -0.491 e. The first kappa shape index (κ1) is 23.6. The van der Waals surface area contributed by atoms with Crippen molar-refractivity contribution in [3.05, 3.63) is 46.2 Å². The number of ether oxygens (including phenoxy) is 3. The summed E-state index contributed by atoms with van der Waals surface area (Å²) in [5.41, 5.74) is 1.15. The summed E-state index contributed by atoms with van der Waals surface area (Å²) in [5.74, 6) is 2.28. The predicted octanol–water partition coefficient (Wildman–Crippen LogP) is 3.01. The number of morpholine rings is 1. The van der Waals surface area contributed by atoms with Gasteiger partial charge in [0.25, 0.3) is 5.56 Å². The maximum absolute atomic E-state index is 12.6. The minimum atomic E-state index is -0.102. The van der Waals surface area contributed by atoms with Crippen LogP contribution in [0.2, 0.25) is 0 Å². The molecule has 2 aromatic rings. The number of H-pyrrole nitrogens is 1. The van der Waals surface area contributed by atoms with Crippen LogP contribution >= 0.6 is 0 Å². The van der Waals surface area contributed by atoms with Crippen molar-refractivity contribution in [3.8, 4) is 5.75 Å². The van der Waals surface area contributed by atoms with E-state index in [9.17, 15) is 4.79 Å². The summed E-state index contributed by atoms with van der Waals surface area (Å²) < 4.78 is 16.4. The number of methoxy groups -OCH3 is 1. The zero-order valence-electron chi connectivity index (χ0n) is 19.8. The largest absolute Gasteiger partial charge is 0.491 e. The molecule has 0 spiro atoms. The smallest absolute Gasteiger partial charge is 0.254 e. The number of hydrogen-bond acceptors (Lipinski definition) is 7. The van der Waals surface area contributed by atoms with E-state index in [1.807, 2.05) is 12.1 Å². The molecule has 2 saturated heterocycles. The molecule has 2 fully saturated rings. The molecule has 0 saturated carbocycles. The van der Waals surface area contributed by atoms with E-state index in [-0.39, 0.29) is 17.7 Å². The third-order valence-electron chi connectivity index (χ3n) is 6.38. The van der Waals surface area contributed by atoms with Gasteiger partial charge in [0.15, 0.2) is 0 Å². The molecule has 180 valence electrons. The van der Waals surface area contributed by atoms with Gasteiger partial charge in [0.1, 0.15) is 18.2 Å². The maximum atomic E-state index is 12.6. The Bertz CT molecular complexity index is 933. The van der Waals surface area contributed by atoms with Crippen LogP contribution in [-0.4, -0.2) is 68.7 Å². The first-order chi connectivity index (χ1) is 16.1. The van der Waals surface area contributed by atoms with E-state index < -0.39 is 0 Å². The highest BCUT2D eigenvalue weighted by Gasteiger charge is 2.25. The Morgan fingerprint density at radius 3 is 2.79 bits per heavy atom. The van der Waals surface area contributed by atoms with Crippen molar-refractivity contribution in [1.82, 2.24) is 9.97 Å². The number of aromatic nitrogens is 2. The van der Waals surface area contributed by atoms with Crippen LogP contribution in [0, 0.1) is 0 Å². The molecule has 2 aliphatic rings. The molecule has 0 amide bonds. The van der Waals surface area contributed by atoms with Gasteiger partial charge in [-0.05, 0) is 43.9 Å². The van der Waals surface area contributed by atoms with Crippen LogP contribution in [0.1, 0.15) is 38.2 Å². The summed E-state index contributed by atoms with van der Waals surface area (Å²) in [4.78, 5) is 25.0. The Hall–Kier alpha value is -2.58. The predicted molar refractivity (Wildman–Crippen MR) is 130 cm³/mol. The van der Waals surface area contributed by atoms with Gasteiger partial charge in [-0.15, -0.1) is 0 Å². The van der Waals surface area contributed by atoms with Gasteiger partial charge < -0.3 is 24.0 Å². The van der Waals surface area contributed by atoms with Crippen LogP contribution < -0.4 is 20.1 Å². The fraction of sp³-hybridized carbons (Fsp3) is 0.600. The van der Waals surface area contributed by atoms with Gasteiger partial charge in [-0.25, -0.2) is 0 Å². The Morgan fingerprint density at radius 1 is 1.15 bits per heavy atom. The normalized spacial score (nSPS) is 21.6. The molecule has 33 heavy (non-hydrogen) atoms. The molecule has 0 radical (unpaired) electrons. The topological polar surface area (TPSA) is 79.9 Å². The summed E-state index contributed by atoms with van der Waals surface area (Å²) in [7, 11) is 1.67. The van der Waals surface area contributed by atoms with Gasteiger partial charge in [0, 0.05) is 38.9 Å². The molecule has 2 aliphatic heterocycles. The number of hydrogen-bond donors (Lipinski definition) is 1. The SMILES string of the molecule is COCCOc1ccc(CC2CCCCCN2c2nc(N3CCOC(C)C3)cc(=O)[nH]2)cc1. The Morgan fingerprint density at radius 2 is 2.00 bits per heavy atom. The van der Waals surface area contributed by atoms with Crippen molar-refractivity contribution in [3.63, 3.8) is 0 Å². The van der Waals surface area contributed by atoms with E-state index in [4.69, 9.17) is 19.2 Å². The molecule has 1 aromatic heterocycles. The fourth-order valence-electron chi connectivity index (χ4n) is 4.66. The first-order valence-electron chi connectivity index (χ1n) is 12.1. The molecule has 1 N–H and O–H groups in total. The fourth-order valence-corrected chi connectivity index (χ4v) is 4.66. The number of nitrogens with one attached hydrogen (secondary N) is 1. The van der Waals surface area contributed by atoms with Crippen molar-refractivity contribution in [2.75, 3.05) is 56.4 Å². The Kier molecular flexibility index (Phi) is 8.23. The molecule has 2 atom stereocenters. The third kappa shape index (κ3) is 6.48. The highest BCUT2D eigenvalue weighted by atomic mass is 16.5. The summed E-state index contributed by atoms with van der Waals surface area (Å²) in [6.45, 7) is 6.23. The average Bonchev–Trinajstić information content (AvgIpc) is 3.05. The van der Waals surface area contributed by atoms with Crippen LogP contribution in [0.4, 0.5) is 11.8 Å². The van der Waals surface area contributed by atoms with E-state index in [2.05, 4.69) is 33.8 Å². The zero-order valence-corrected chi connectivity index (χ0v) is 19.8. The van der Waals surface area contributed by atoms with Crippen molar-refractivity contribution >= 4 is 11.8 Å². The number of benzene rings is 1. The average molecular weight is 457 g/mol. The van der Waals surface area contributed by atoms with Gasteiger partial charge in [-0.3, -0.25) is 9.78 Å². The molecular formula is C25H36N4O4. The van der Waals surface area contributed by atoms with E-state index in [0.29, 0.717) is 25.8 Å². The van der Waals surface area contributed by atoms with Gasteiger partial charge in [0.05, 0.1) is 19.3 Å². The van der Waals surface area contributed by atoms with Crippen LogP contribution in [0.3, 0.4) is 0 Å². The number of nitrogens with zero attached hydrogens (tertiary/aromatic N) is 3. The number of aromatic amines is 1. The molecule has 3 heterocycles. The summed E-state index contributed by atoms with van der Waals surface area (Å²) in [6, 6.07) is 10.2. The highest BCUT2D eigenvalue weighted by molar-refractivity contribution is 5.45. The number of rotatable bonds is 8. The second-order valence-electron chi connectivity index (χ2n) is 8.94. The van der Waals surface area contributed by atoms with E-state index in [1.54, 1.807) is 13.2 Å². The molecular weight excluding hydrogens is 420 g/mol. The van der Waals surface area contributed by atoms with Crippen LogP contribution in [0.25, 0.3) is 0 Å². The van der Waals surface area contributed by atoms with Crippen LogP contribution in [-0.2, 0) is 15.9 Å². The van der Waals surface area contributed by atoms with E-state index >= 15 is 0 Å². The first-order valence-corrected chi connectivity index (χ1v) is 12.1. The van der Waals surface area contributed by atoms with Gasteiger partial charge >= 0.3 is 0 Å². The van der Waals surface area contributed by atoms with Gasteiger partial charge in [-0.1, -0.05) is 25.0 Å². The summed E-state index contributed by atoms with van der Waals surface area (Å²) >= 11 is 0. The molecule has 4 rings (SSSR count). The lowest BCUT2D eigenvalue weighted by Gasteiger charge is -2.34. The molecule has 2 unspecified atom stereocenters. The minimum absolute atomic E-state index is 0.102. The molecule has 0 bridgehead atoms. The summed E-state index contributed by atoms with van der Waals surface area (Å²) in [6.07, 6.45) is 5.60. The van der Waals surface area contributed by atoms with Crippen molar-refractivity contribution in [2.24, 2.45) is 0 Å². The van der Waals surface area contributed by atoms with Crippen molar-refractivity contribution in [1.29, 1.82) is 0 Å². The van der Waals surface area contributed by atoms with Gasteiger partial charge in [-0.2, -0.15) is 4.98 Å². The Balaban J connectivity index is 1.51. The van der Waals surface area contributed by atoms with E-state index in [1.165, 1.54) is 18.4 Å². The van der Waals surface area contributed by atoms with Crippen LogP contribution in [0.15, 0.2) is 35.1 Å². The standard InChI is InChI=1S/C25H36N4O4/c1-19-18-28(12-13-32-19)23-17-24(30)27-25(26-23)29-11-5-3-4-6-21(29)16-20-7-9-22(10-8-20)33-15-14-31-2/h7-10,17,19,21H,3-6,11-16,18H2,1-2H3,(H,26,27,30). The number of anilines is 2.